The molecule has 0 saturated carbocycles. The van der Waals surface area contributed by atoms with Crippen LogP contribution in [-0.2, 0) is 22.9 Å². The van der Waals surface area contributed by atoms with E-state index in [1.54, 1.807) is 6.07 Å². The fourth-order valence-corrected chi connectivity index (χ4v) is 4.58. The summed E-state index contributed by atoms with van der Waals surface area (Å²) >= 11 is 0. The van der Waals surface area contributed by atoms with Crippen molar-refractivity contribution in [2.24, 2.45) is 0 Å². The van der Waals surface area contributed by atoms with E-state index in [4.69, 9.17) is 0 Å². The van der Waals surface area contributed by atoms with Crippen molar-refractivity contribution in [3.05, 3.63) is 89.2 Å². The molecule has 0 aliphatic rings. The average Bonchev–Trinajstić information content (AvgIpc) is 2.79. The van der Waals surface area contributed by atoms with E-state index in [1.165, 1.54) is 49.5 Å². The molecule has 0 heterocycles. The Morgan fingerprint density at radius 3 is 2.10 bits per heavy atom. The molecule has 0 aliphatic carbocycles. The molecule has 31 heavy (non-hydrogen) atoms. The Labute approximate surface area is 182 Å². The van der Waals surface area contributed by atoms with E-state index in [2.05, 4.69) is 5.32 Å². The standard InChI is InChI=1S/C24H25FN2O3S/c1-4-17-8-6-9-18(5-2)23(17)26-24(28)19-10-7-11-22(16-19)31(29,30)27(3)21-14-12-20(25)13-15-21/h6-16H,4-5H2,1-3H3,(H,26,28). The van der Waals surface area contributed by atoms with Crippen LogP contribution >= 0.6 is 0 Å². The highest BCUT2D eigenvalue weighted by molar-refractivity contribution is 7.92. The zero-order valence-corrected chi connectivity index (χ0v) is 18.5. The van der Waals surface area contributed by atoms with E-state index in [0.717, 1.165) is 34.0 Å². The lowest BCUT2D eigenvalue weighted by atomic mass is 10.0. The third-order valence-corrected chi connectivity index (χ3v) is 6.96. The number of halogens is 1. The van der Waals surface area contributed by atoms with E-state index in [9.17, 15) is 17.6 Å². The van der Waals surface area contributed by atoms with Crippen molar-refractivity contribution in [3.63, 3.8) is 0 Å². The molecule has 0 aromatic heterocycles. The van der Waals surface area contributed by atoms with Gasteiger partial charge in [0.2, 0.25) is 0 Å². The third-order valence-electron chi connectivity index (χ3n) is 5.18. The van der Waals surface area contributed by atoms with Crippen LogP contribution in [0.4, 0.5) is 15.8 Å². The van der Waals surface area contributed by atoms with Gasteiger partial charge in [0.1, 0.15) is 5.82 Å². The van der Waals surface area contributed by atoms with Crippen molar-refractivity contribution in [2.75, 3.05) is 16.7 Å². The summed E-state index contributed by atoms with van der Waals surface area (Å²) in [5.41, 5.74) is 3.37. The van der Waals surface area contributed by atoms with Crippen molar-refractivity contribution in [1.82, 2.24) is 0 Å². The second-order valence-electron chi connectivity index (χ2n) is 7.09. The number of aryl methyl sites for hydroxylation is 2. The molecule has 0 saturated heterocycles. The number of amides is 1. The van der Waals surface area contributed by atoms with E-state index >= 15 is 0 Å². The van der Waals surface area contributed by atoms with Gasteiger partial charge in [-0.1, -0.05) is 38.1 Å². The molecule has 0 radical (unpaired) electrons. The molecule has 3 aromatic carbocycles. The number of sulfonamides is 1. The van der Waals surface area contributed by atoms with Gasteiger partial charge in [-0.3, -0.25) is 9.10 Å². The molecule has 0 unspecified atom stereocenters. The fraction of sp³-hybridized carbons (Fsp3) is 0.208. The summed E-state index contributed by atoms with van der Waals surface area (Å²) in [5, 5.41) is 2.95. The van der Waals surface area contributed by atoms with Crippen molar-refractivity contribution < 1.29 is 17.6 Å². The SMILES string of the molecule is CCc1cccc(CC)c1NC(=O)c1cccc(S(=O)(=O)N(C)c2ccc(F)cc2)c1. The maximum absolute atomic E-state index is 13.2. The zero-order chi connectivity index (χ0) is 22.6. The lowest BCUT2D eigenvalue weighted by Gasteiger charge is -2.20. The summed E-state index contributed by atoms with van der Waals surface area (Å²) in [6.07, 6.45) is 1.53. The zero-order valence-electron chi connectivity index (χ0n) is 17.7. The normalized spacial score (nSPS) is 11.2. The number of carbonyl (C=O) groups excluding carboxylic acids is 1. The Bertz CT molecular complexity index is 1170. The highest BCUT2D eigenvalue weighted by Gasteiger charge is 2.23. The number of hydrogen-bond donors (Lipinski definition) is 1. The van der Waals surface area contributed by atoms with Crippen LogP contribution in [0, 0.1) is 5.82 Å². The number of hydrogen-bond acceptors (Lipinski definition) is 3. The molecule has 1 N–H and O–H groups in total. The van der Waals surface area contributed by atoms with Crippen LogP contribution < -0.4 is 9.62 Å². The van der Waals surface area contributed by atoms with Gasteiger partial charge in [-0.25, -0.2) is 12.8 Å². The Morgan fingerprint density at radius 1 is 0.935 bits per heavy atom. The lowest BCUT2D eigenvalue weighted by molar-refractivity contribution is 0.102. The van der Waals surface area contributed by atoms with Crippen LogP contribution in [0.25, 0.3) is 0 Å². The van der Waals surface area contributed by atoms with Gasteiger partial charge in [0.15, 0.2) is 0 Å². The Balaban J connectivity index is 1.91. The summed E-state index contributed by atoms with van der Waals surface area (Å²) in [6.45, 7) is 4.03. The number of anilines is 2. The minimum absolute atomic E-state index is 0.0218. The predicted octanol–water partition coefficient (Wildman–Crippen LogP) is 5.03. The van der Waals surface area contributed by atoms with Gasteiger partial charge >= 0.3 is 0 Å². The molecule has 0 fully saturated rings. The highest BCUT2D eigenvalue weighted by atomic mass is 32.2. The average molecular weight is 441 g/mol. The van der Waals surface area contributed by atoms with Gasteiger partial charge in [-0.05, 0) is 66.4 Å². The van der Waals surface area contributed by atoms with Crippen LogP contribution in [0.15, 0.2) is 71.6 Å². The molecule has 7 heteroatoms. The topological polar surface area (TPSA) is 66.5 Å². The number of para-hydroxylation sites is 1. The first-order chi connectivity index (χ1) is 14.8. The van der Waals surface area contributed by atoms with Gasteiger partial charge in [-0.15, -0.1) is 0 Å². The van der Waals surface area contributed by atoms with E-state index in [-0.39, 0.29) is 16.4 Å². The number of rotatable bonds is 7. The van der Waals surface area contributed by atoms with Crippen LogP contribution in [0.5, 0.6) is 0 Å². The number of nitrogens with zero attached hydrogens (tertiary/aromatic N) is 1. The number of nitrogens with one attached hydrogen (secondary N) is 1. The molecule has 0 atom stereocenters. The second-order valence-corrected chi connectivity index (χ2v) is 9.06. The second kappa shape index (κ2) is 9.31. The minimum Gasteiger partial charge on any atom is -0.321 e. The molecule has 5 nitrogen and oxygen atoms in total. The van der Waals surface area contributed by atoms with Gasteiger partial charge in [-0.2, -0.15) is 0 Å². The largest absolute Gasteiger partial charge is 0.321 e. The summed E-state index contributed by atoms with van der Waals surface area (Å²) in [7, 11) is -2.54. The minimum atomic E-state index is -3.93. The lowest BCUT2D eigenvalue weighted by Crippen LogP contribution is -2.27. The van der Waals surface area contributed by atoms with Gasteiger partial charge in [0, 0.05) is 18.3 Å². The van der Waals surface area contributed by atoms with Gasteiger partial charge < -0.3 is 5.32 Å². The molecular formula is C24H25FN2O3S. The Hall–Kier alpha value is -3.19. The van der Waals surface area contributed by atoms with Crippen molar-refractivity contribution in [2.45, 2.75) is 31.6 Å². The molecular weight excluding hydrogens is 415 g/mol. The molecule has 0 bridgehead atoms. The molecule has 0 spiro atoms. The summed E-state index contributed by atoms with van der Waals surface area (Å²) in [5.74, 6) is -0.830. The van der Waals surface area contributed by atoms with Crippen LogP contribution in [-0.4, -0.2) is 21.4 Å². The van der Waals surface area contributed by atoms with Crippen LogP contribution in [0.1, 0.15) is 35.3 Å². The summed E-state index contributed by atoms with van der Waals surface area (Å²) < 4.78 is 40.4. The third kappa shape index (κ3) is 4.77. The predicted molar refractivity (Wildman–Crippen MR) is 122 cm³/mol. The van der Waals surface area contributed by atoms with Crippen molar-refractivity contribution in [1.29, 1.82) is 0 Å². The first kappa shape index (κ1) is 22.5. The van der Waals surface area contributed by atoms with E-state index < -0.39 is 15.8 Å². The van der Waals surface area contributed by atoms with Crippen molar-refractivity contribution in [3.8, 4) is 0 Å². The number of carbonyl (C=O) groups is 1. The first-order valence-electron chi connectivity index (χ1n) is 10.0. The molecule has 162 valence electrons. The smallest absolute Gasteiger partial charge is 0.264 e. The van der Waals surface area contributed by atoms with E-state index in [0.29, 0.717) is 5.69 Å². The Morgan fingerprint density at radius 2 is 1.52 bits per heavy atom. The molecule has 3 aromatic rings. The molecule has 1 amide bonds. The fourth-order valence-electron chi connectivity index (χ4n) is 3.33. The van der Waals surface area contributed by atoms with Crippen molar-refractivity contribution >= 4 is 27.3 Å². The molecule has 3 rings (SSSR count). The van der Waals surface area contributed by atoms with Crippen LogP contribution in [0.3, 0.4) is 0 Å². The molecule has 0 aliphatic heterocycles. The summed E-state index contributed by atoms with van der Waals surface area (Å²) in [6, 6.07) is 17.0. The van der Waals surface area contributed by atoms with E-state index in [1.807, 2.05) is 32.0 Å². The first-order valence-corrected chi connectivity index (χ1v) is 11.5. The maximum Gasteiger partial charge on any atom is 0.264 e. The number of benzene rings is 3. The quantitative estimate of drug-likeness (QED) is 0.560. The van der Waals surface area contributed by atoms with Crippen LogP contribution in [0.2, 0.25) is 0 Å². The maximum atomic E-state index is 13.2. The Kier molecular flexibility index (Phi) is 6.75. The van der Waals surface area contributed by atoms with Gasteiger partial charge in [0.25, 0.3) is 15.9 Å². The highest BCUT2D eigenvalue weighted by Crippen LogP contribution is 2.25. The van der Waals surface area contributed by atoms with Gasteiger partial charge in [0.05, 0.1) is 10.6 Å². The summed E-state index contributed by atoms with van der Waals surface area (Å²) in [4.78, 5) is 12.9. The monoisotopic (exact) mass is 440 g/mol.